The van der Waals surface area contributed by atoms with Crippen molar-refractivity contribution in [1.29, 1.82) is 0 Å². The first kappa shape index (κ1) is 15.9. The Labute approximate surface area is 108 Å². The first-order valence-electron chi connectivity index (χ1n) is 5.53. The molecule has 0 radical (unpaired) electrons. The number of nitrogens with zero attached hydrogens (tertiary/aromatic N) is 1. The normalized spacial score (nSPS) is 12.4. The number of carbonyl (C=O) groups is 1. The molecule has 0 aliphatic rings. The van der Waals surface area contributed by atoms with Crippen LogP contribution in [0.4, 0.5) is 5.82 Å². The molecule has 1 atom stereocenters. The Kier molecular flexibility index (Phi) is 6.20. The third-order valence-electron chi connectivity index (χ3n) is 2.49. The van der Waals surface area contributed by atoms with Gasteiger partial charge in [-0.05, 0) is 11.8 Å². The lowest BCUT2D eigenvalue weighted by Crippen LogP contribution is -2.39. The van der Waals surface area contributed by atoms with Gasteiger partial charge in [0.1, 0.15) is 0 Å². The van der Waals surface area contributed by atoms with Crippen molar-refractivity contribution in [2.24, 2.45) is 11.7 Å². The standard InChI is InChI=1S/C11H20N4O.ClH/c1-6(2)8-5-9(15-14-8)13-11(16)10(12)7(3)4;/h5-7,10H,12H2,1-4H3,(H2,13,14,15,16);1H/t10-;/m0./s1. The minimum atomic E-state index is -0.501. The summed E-state index contributed by atoms with van der Waals surface area (Å²) in [5.74, 6) is 0.807. The van der Waals surface area contributed by atoms with Gasteiger partial charge in [-0.25, -0.2) is 0 Å². The van der Waals surface area contributed by atoms with E-state index >= 15 is 0 Å². The van der Waals surface area contributed by atoms with E-state index in [-0.39, 0.29) is 24.2 Å². The van der Waals surface area contributed by atoms with Crippen LogP contribution in [0.25, 0.3) is 0 Å². The second-order valence-corrected chi connectivity index (χ2v) is 4.62. The fourth-order valence-corrected chi connectivity index (χ4v) is 1.21. The average molecular weight is 261 g/mol. The Morgan fingerprint density at radius 2 is 2.00 bits per heavy atom. The zero-order valence-corrected chi connectivity index (χ0v) is 11.5. The fraction of sp³-hybridized carbons (Fsp3) is 0.636. The number of aromatic amines is 1. The van der Waals surface area contributed by atoms with Gasteiger partial charge < -0.3 is 11.1 Å². The maximum absolute atomic E-state index is 11.6. The number of nitrogens with one attached hydrogen (secondary N) is 2. The smallest absolute Gasteiger partial charge is 0.242 e. The van der Waals surface area contributed by atoms with Gasteiger partial charge in [-0.3, -0.25) is 9.89 Å². The zero-order chi connectivity index (χ0) is 12.3. The molecule has 0 spiro atoms. The van der Waals surface area contributed by atoms with E-state index < -0.39 is 6.04 Å². The van der Waals surface area contributed by atoms with Crippen LogP contribution in [0, 0.1) is 5.92 Å². The van der Waals surface area contributed by atoms with Gasteiger partial charge in [0.2, 0.25) is 5.91 Å². The number of halogens is 1. The predicted octanol–water partition coefficient (Wildman–Crippen LogP) is 1.88. The van der Waals surface area contributed by atoms with E-state index in [0.29, 0.717) is 11.7 Å². The average Bonchev–Trinajstić information content (AvgIpc) is 2.64. The number of anilines is 1. The van der Waals surface area contributed by atoms with Crippen LogP contribution < -0.4 is 11.1 Å². The summed E-state index contributed by atoms with van der Waals surface area (Å²) in [5.41, 5.74) is 6.72. The van der Waals surface area contributed by atoms with E-state index in [1.54, 1.807) is 0 Å². The van der Waals surface area contributed by atoms with E-state index in [9.17, 15) is 4.79 Å². The van der Waals surface area contributed by atoms with Crippen LogP contribution in [0.1, 0.15) is 39.3 Å². The summed E-state index contributed by atoms with van der Waals surface area (Å²) in [4.78, 5) is 11.6. The van der Waals surface area contributed by atoms with E-state index in [2.05, 4.69) is 29.4 Å². The van der Waals surface area contributed by atoms with E-state index in [1.807, 2.05) is 19.9 Å². The van der Waals surface area contributed by atoms with Gasteiger partial charge in [-0.1, -0.05) is 27.7 Å². The number of hydrogen-bond donors (Lipinski definition) is 3. The van der Waals surface area contributed by atoms with Crippen molar-refractivity contribution in [3.05, 3.63) is 11.8 Å². The lowest BCUT2D eigenvalue weighted by Gasteiger charge is -2.13. The highest BCUT2D eigenvalue weighted by Gasteiger charge is 2.18. The van der Waals surface area contributed by atoms with Crippen molar-refractivity contribution in [1.82, 2.24) is 10.2 Å². The zero-order valence-electron chi connectivity index (χ0n) is 10.7. The summed E-state index contributed by atoms with van der Waals surface area (Å²) in [5, 5.41) is 9.57. The highest BCUT2D eigenvalue weighted by Crippen LogP contribution is 2.15. The van der Waals surface area contributed by atoms with Gasteiger partial charge in [0, 0.05) is 11.8 Å². The van der Waals surface area contributed by atoms with Crippen molar-refractivity contribution >= 4 is 24.1 Å². The molecule has 1 amide bonds. The van der Waals surface area contributed by atoms with Crippen LogP contribution in [0.15, 0.2) is 6.07 Å². The molecule has 1 aromatic heterocycles. The van der Waals surface area contributed by atoms with Crippen LogP contribution in [0.2, 0.25) is 0 Å². The maximum atomic E-state index is 11.6. The summed E-state index contributed by atoms with van der Waals surface area (Å²) in [7, 11) is 0. The molecule has 17 heavy (non-hydrogen) atoms. The molecule has 0 unspecified atom stereocenters. The Morgan fingerprint density at radius 1 is 1.41 bits per heavy atom. The molecule has 1 heterocycles. The van der Waals surface area contributed by atoms with Crippen LogP contribution in [-0.2, 0) is 4.79 Å². The molecule has 98 valence electrons. The van der Waals surface area contributed by atoms with Gasteiger partial charge in [0.15, 0.2) is 5.82 Å². The summed E-state index contributed by atoms with van der Waals surface area (Å²) in [6.07, 6.45) is 0. The molecule has 4 N–H and O–H groups in total. The monoisotopic (exact) mass is 260 g/mol. The Hall–Kier alpha value is -1.07. The van der Waals surface area contributed by atoms with Crippen molar-refractivity contribution in [2.45, 2.75) is 39.7 Å². The Balaban J connectivity index is 0.00000256. The number of H-pyrrole nitrogens is 1. The molecule has 5 nitrogen and oxygen atoms in total. The Morgan fingerprint density at radius 3 is 2.41 bits per heavy atom. The van der Waals surface area contributed by atoms with Gasteiger partial charge in [-0.2, -0.15) is 5.10 Å². The highest BCUT2D eigenvalue weighted by atomic mass is 35.5. The molecule has 0 fully saturated rings. The van der Waals surface area contributed by atoms with Crippen LogP contribution >= 0.6 is 12.4 Å². The minimum Gasteiger partial charge on any atom is -0.320 e. The molecule has 0 aromatic carbocycles. The SMILES string of the molecule is CC(C)c1cc(NC(=O)[C@@H](N)C(C)C)n[nH]1.Cl. The molecule has 0 aliphatic heterocycles. The van der Waals surface area contributed by atoms with Gasteiger partial charge in [0.25, 0.3) is 0 Å². The second kappa shape index (κ2) is 6.61. The van der Waals surface area contributed by atoms with Crippen molar-refractivity contribution in [2.75, 3.05) is 5.32 Å². The van der Waals surface area contributed by atoms with E-state index in [4.69, 9.17) is 5.73 Å². The number of carbonyl (C=O) groups excluding carboxylic acids is 1. The molecule has 1 aromatic rings. The number of amides is 1. The van der Waals surface area contributed by atoms with Crippen molar-refractivity contribution in [3.63, 3.8) is 0 Å². The quantitative estimate of drug-likeness (QED) is 0.773. The first-order chi connectivity index (χ1) is 7.41. The topological polar surface area (TPSA) is 83.8 Å². The summed E-state index contributed by atoms with van der Waals surface area (Å²) >= 11 is 0. The summed E-state index contributed by atoms with van der Waals surface area (Å²) < 4.78 is 0. The molecule has 1 rings (SSSR count). The van der Waals surface area contributed by atoms with Crippen LogP contribution in [0.3, 0.4) is 0 Å². The number of hydrogen-bond acceptors (Lipinski definition) is 3. The van der Waals surface area contributed by atoms with E-state index in [1.165, 1.54) is 0 Å². The second-order valence-electron chi connectivity index (χ2n) is 4.62. The third-order valence-corrected chi connectivity index (χ3v) is 2.49. The van der Waals surface area contributed by atoms with Crippen molar-refractivity contribution in [3.8, 4) is 0 Å². The van der Waals surface area contributed by atoms with Crippen LogP contribution in [0.5, 0.6) is 0 Å². The number of nitrogens with two attached hydrogens (primary N) is 1. The molecule has 0 saturated heterocycles. The van der Waals surface area contributed by atoms with Gasteiger partial charge in [0.05, 0.1) is 6.04 Å². The minimum absolute atomic E-state index is 0. The lowest BCUT2D eigenvalue weighted by molar-refractivity contribution is -0.118. The largest absolute Gasteiger partial charge is 0.320 e. The maximum Gasteiger partial charge on any atom is 0.242 e. The molecule has 0 saturated carbocycles. The van der Waals surface area contributed by atoms with Crippen LogP contribution in [-0.4, -0.2) is 22.1 Å². The summed E-state index contributed by atoms with van der Waals surface area (Å²) in [6, 6.07) is 1.33. The molecular formula is C11H21ClN4O. The van der Waals surface area contributed by atoms with Gasteiger partial charge >= 0.3 is 0 Å². The lowest BCUT2D eigenvalue weighted by atomic mass is 10.1. The number of aromatic nitrogens is 2. The fourth-order valence-electron chi connectivity index (χ4n) is 1.21. The molecular weight excluding hydrogens is 240 g/mol. The van der Waals surface area contributed by atoms with Gasteiger partial charge in [-0.15, -0.1) is 12.4 Å². The predicted molar refractivity (Wildman–Crippen MR) is 71.4 cm³/mol. The molecule has 6 heteroatoms. The first-order valence-corrected chi connectivity index (χ1v) is 5.53. The third kappa shape index (κ3) is 4.36. The number of rotatable bonds is 4. The Bertz CT molecular complexity index is 362. The van der Waals surface area contributed by atoms with E-state index in [0.717, 1.165) is 5.69 Å². The summed E-state index contributed by atoms with van der Waals surface area (Å²) in [6.45, 7) is 7.93. The molecule has 0 bridgehead atoms. The highest BCUT2D eigenvalue weighted by molar-refractivity contribution is 5.94. The van der Waals surface area contributed by atoms with Crippen molar-refractivity contribution < 1.29 is 4.79 Å². The molecule has 0 aliphatic carbocycles.